The zero-order valence-electron chi connectivity index (χ0n) is 14.3. The Labute approximate surface area is 194 Å². The number of aryl methyl sites for hydroxylation is 1. The number of hydrogen-bond acceptors (Lipinski definition) is 6. The molecule has 1 aliphatic rings. The molecule has 130 valence electrons. The fourth-order valence-corrected chi connectivity index (χ4v) is 3.56. The van der Waals surface area contributed by atoms with E-state index < -0.39 is 10.4 Å². The molecule has 0 bridgehead atoms. The van der Waals surface area contributed by atoms with E-state index in [4.69, 9.17) is 16.6 Å². The van der Waals surface area contributed by atoms with Crippen LogP contribution in [0.2, 0.25) is 5.02 Å². The van der Waals surface area contributed by atoms with E-state index in [0.717, 1.165) is 24.2 Å². The first-order chi connectivity index (χ1) is 11.4. The molecule has 25 heavy (non-hydrogen) atoms. The molecule has 0 unspecified atom stereocenters. The quantitative estimate of drug-likeness (QED) is 0.304. The number of hydrogen-bond donors (Lipinski definition) is 0. The summed E-state index contributed by atoms with van der Waals surface area (Å²) in [6.07, 6.45) is 2.37. The third kappa shape index (κ3) is 4.29. The van der Waals surface area contributed by atoms with Gasteiger partial charge in [-0.2, -0.15) is 8.42 Å². The van der Waals surface area contributed by atoms with Crippen LogP contribution in [0.3, 0.4) is 0 Å². The van der Waals surface area contributed by atoms with E-state index in [-0.39, 0.29) is 51.4 Å². The van der Waals surface area contributed by atoms with E-state index in [1.807, 2.05) is 0 Å². The Balaban J connectivity index is 0.00000225. The predicted octanol–water partition coefficient (Wildman–Crippen LogP) is 0.182. The minimum atomic E-state index is -4.88. The molecule has 0 amide bonds. The van der Waals surface area contributed by atoms with Crippen molar-refractivity contribution in [3.8, 4) is 0 Å². The van der Waals surface area contributed by atoms with Crippen molar-refractivity contribution >= 4 is 38.7 Å². The summed E-state index contributed by atoms with van der Waals surface area (Å²) < 4.78 is 38.2. The molecule has 0 atom stereocenters. The largest absolute Gasteiger partial charge is 1.00 e. The second kappa shape index (κ2) is 8.34. The van der Waals surface area contributed by atoms with E-state index in [9.17, 15) is 13.0 Å². The van der Waals surface area contributed by atoms with Crippen molar-refractivity contribution in [1.29, 1.82) is 0 Å². The maximum atomic E-state index is 10.7. The average molecular weight is 410 g/mol. The molecule has 0 radical (unpaired) electrons. The molecule has 7 nitrogen and oxygen atoms in total. The number of imidazole rings is 1. The predicted molar refractivity (Wildman–Crippen MR) is 90.0 cm³/mol. The molecule has 10 heteroatoms. The standard InChI is InChI=1S/C15H18ClN3O4S.K/c1-3-9(4-2)15-17-13-11(16)6-5-10-12(18-23-24(20,21)22)7-8-19(15)14(10)13;/h5-6,9H,3-4,7-8H2,1-2H3,(H,20,21,22);/q;+1/p-1/b18-12-;. The monoisotopic (exact) mass is 409 g/mol. The van der Waals surface area contributed by atoms with Gasteiger partial charge in [0.05, 0.1) is 16.3 Å². The van der Waals surface area contributed by atoms with Crippen molar-refractivity contribution in [2.45, 2.75) is 45.6 Å². The molecule has 2 heterocycles. The molecule has 0 aliphatic carbocycles. The third-order valence-corrected chi connectivity index (χ3v) is 4.91. The summed E-state index contributed by atoms with van der Waals surface area (Å²) in [6, 6.07) is 3.44. The number of rotatable bonds is 5. The van der Waals surface area contributed by atoms with E-state index >= 15 is 0 Å². The van der Waals surface area contributed by atoms with Crippen molar-refractivity contribution in [2.24, 2.45) is 5.16 Å². The van der Waals surface area contributed by atoms with Crippen molar-refractivity contribution < 1.29 is 68.6 Å². The van der Waals surface area contributed by atoms with Crippen molar-refractivity contribution in [2.75, 3.05) is 0 Å². The number of aromatic nitrogens is 2. The number of oxime groups is 1. The fourth-order valence-electron chi connectivity index (χ4n) is 3.19. The molecule has 0 spiro atoms. The van der Waals surface area contributed by atoms with Crippen LogP contribution in [0.15, 0.2) is 17.3 Å². The zero-order valence-corrected chi connectivity index (χ0v) is 19.0. The Morgan fingerprint density at radius 1 is 1.40 bits per heavy atom. The second-order valence-corrected chi connectivity index (χ2v) is 7.07. The first-order valence-corrected chi connectivity index (χ1v) is 9.47. The molecular formula is C15H17ClKN3O4S. The van der Waals surface area contributed by atoms with Crippen molar-refractivity contribution in [3.05, 3.63) is 28.5 Å². The SMILES string of the molecule is CCC(CC)c1nc2c(Cl)ccc3c2n1CC/C3=N/OS(=O)(=O)[O-].[K+]. The van der Waals surface area contributed by atoms with Gasteiger partial charge in [0.2, 0.25) is 0 Å². The fraction of sp³-hybridized carbons (Fsp3) is 0.467. The maximum absolute atomic E-state index is 10.7. The molecule has 3 rings (SSSR count). The van der Waals surface area contributed by atoms with Crippen LogP contribution in [0.4, 0.5) is 0 Å². The van der Waals surface area contributed by atoms with Crippen LogP contribution in [0.1, 0.15) is 50.4 Å². The van der Waals surface area contributed by atoms with E-state index in [1.54, 1.807) is 12.1 Å². The molecular weight excluding hydrogens is 393 g/mol. The number of halogens is 1. The summed E-state index contributed by atoms with van der Waals surface area (Å²) in [5.41, 5.74) is 2.56. The van der Waals surface area contributed by atoms with Crippen LogP contribution in [0.5, 0.6) is 0 Å². The first kappa shape index (κ1) is 21.3. The molecule has 0 fully saturated rings. The van der Waals surface area contributed by atoms with Crippen molar-refractivity contribution in [1.82, 2.24) is 9.55 Å². The van der Waals surface area contributed by atoms with E-state index in [2.05, 4.69) is 27.9 Å². The van der Waals surface area contributed by atoms with Crippen LogP contribution < -0.4 is 51.4 Å². The second-order valence-electron chi connectivity index (χ2n) is 5.70. The van der Waals surface area contributed by atoms with Crippen LogP contribution in [0, 0.1) is 0 Å². The van der Waals surface area contributed by atoms with Gasteiger partial charge in [-0.1, -0.05) is 30.6 Å². The summed E-state index contributed by atoms with van der Waals surface area (Å²) in [7, 11) is -4.88. The number of benzene rings is 1. The smallest absolute Gasteiger partial charge is 0.714 e. The summed E-state index contributed by atoms with van der Waals surface area (Å²) in [6.45, 7) is 4.81. The molecule has 1 aromatic carbocycles. The van der Waals surface area contributed by atoms with Crippen LogP contribution in [0.25, 0.3) is 11.0 Å². The Bertz CT molecular complexity index is 922. The van der Waals surface area contributed by atoms with Gasteiger partial charge in [0.1, 0.15) is 11.3 Å². The Hall–Kier alpha value is -0.00364. The summed E-state index contributed by atoms with van der Waals surface area (Å²) >= 11 is 6.29. The maximum Gasteiger partial charge on any atom is 1.00 e. The molecule has 0 saturated carbocycles. The molecule has 0 N–H and O–H groups in total. The minimum absolute atomic E-state index is 0. The van der Waals surface area contributed by atoms with E-state index in [0.29, 0.717) is 40.7 Å². The van der Waals surface area contributed by atoms with Gasteiger partial charge in [0, 0.05) is 24.4 Å². The van der Waals surface area contributed by atoms with Gasteiger partial charge in [-0.25, -0.2) is 4.98 Å². The Morgan fingerprint density at radius 3 is 2.68 bits per heavy atom. The molecule has 1 aliphatic heterocycles. The Kier molecular flexibility index (Phi) is 7.11. The normalized spacial score (nSPS) is 15.6. The number of nitrogens with zero attached hydrogens (tertiary/aromatic N) is 3. The van der Waals surface area contributed by atoms with Crippen LogP contribution in [-0.2, 0) is 21.2 Å². The topological polar surface area (TPSA) is 96.6 Å². The molecule has 2 aromatic rings. The van der Waals surface area contributed by atoms with Gasteiger partial charge in [-0.05, 0) is 25.0 Å². The van der Waals surface area contributed by atoms with Gasteiger partial charge in [-0.3, -0.25) is 4.28 Å². The average Bonchev–Trinajstić information content (AvgIpc) is 2.91. The zero-order chi connectivity index (χ0) is 17.5. The first-order valence-electron chi connectivity index (χ1n) is 7.76. The third-order valence-electron chi connectivity index (χ3n) is 4.35. The van der Waals surface area contributed by atoms with Gasteiger partial charge in [0.25, 0.3) is 10.4 Å². The van der Waals surface area contributed by atoms with Crippen LogP contribution >= 0.6 is 11.6 Å². The molecule has 1 aromatic heterocycles. The van der Waals surface area contributed by atoms with Crippen LogP contribution in [-0.4, -0.2) is 28.2 Å². The molecule has 0 saturated heterocycles. The van der Waals surface area contributed by atoms with Gasteiger partial charge in [0.15, 0.2) is 0 Å². The summed E-state index contributed by atoms with van der Waals surface area (Å²) in [4.78, 5) is 4.72. The Morgan fingerprint density at radius 2 is 2.08 bits per heavy atom. The van der Waals surface area contributed by atoms with Gasteiger partial charge in [-0.15, -0.1) is 0 Å². The van der Waals surface area contributed by atoms with Gasteiger partial charge < -0.3 is 9.12 Å². The summed E-state index contributed by atoms with van der Waals surface area (Å²) in [5, 5.41) is 4.06. The van der Waals surface area contributed by atoms with Crippen molar-refractivity contribution in [3.63, 3.8) is 0 Å². The van der Waals surface area contributed by atoms with E-state index in [1.165, 1.54) is 0 Å². The minimum Gasteiger partial charge on any atom is -0.714 e. The van der Waals surface area contributed by atoms with Gasteiger partial charge >= 0.3 is 51.4 Å². The summed E-state index contributed by atoms with van der Waals surface area (Å²) in [5.74, 6) is 1.29.